The minimum absolute atomic E-state index is 0.148. The van der Waals surface area contributed by atoms with E-state index in [1.807, 2.05) is 48.5 Å². The van der Waals surface area contributed by atoms with Crippen molar-refractivity contribution in [1.82, 2.24) is 0 Å². The lowest BCUT2D eigenvalue weighted by Gasteiger charge is -2.33. The Morgan fingerprint density at radius 1 is 1.16 bits per heavy atom. The number of fused-ring (bicyclic) bond motifs is 2. The molecule has 0 spiro atoms. The Hall–Kier alpha value is -3.19. The molecule has 1 heterocycles. The van der Waals surface area contributed by atoms with Gasteiger partial charge in [-0.25, -0.2) is 0 Å². The van der Waals surface area contributed by atoms with Crippen molar-refractivity contribution in [2.45, 2.75) is 18.8 Å². The highest BCUT2D eigenvalue weighted by Gasteiger charge is 2.35. The summed E-state index contributed by atoms with van der Waals surface area (Å²) in [6.45, 7) is 0. The molecule has 0 aromatic heterocycles. The molecule has 1 aliphatic carbocycles. The normalized spacial score (nSPS) is 18.8. The highest BCUT2D eigenvalue weighted by molar-refractivity contribution is 5.74. The molecular weight excluding hydrogens is 312 g/mol. The van der Waals surface area contributed by atoms with E-state index in [1.165, 1.54) is 5.56 Å². The van der Waals surface area contributed by atoms with Crippen molar-refractivity contribution in [1.29, 1.82) is 5.26 Å². The fraction of sp³-hybridized carbons (Fsp3) is 0.190. The van der Waals surface area contributed by atoms with Gasteiger partial charge in [-0.05, 0) is 47.7 Å². The summed E-state index contributed by atoms with van der Waals surface area (Å²) in [7, 11) is 1.66. The molecule has 0 fully saturated rings. The maximum Gasteiger partial charge on any atom is 0.205 e. The Kier molecular flexibility index (Phi) is 3.70. The fourth-order valence-electron chi connectivity index (χ4n) is 3.69. The molecule has 25 heavy (non-hydrogen) atoms. The topological polar surface area (TPSA) is 68.3 Å². The minimum Gasteiger partial charge on any atom is -0.497 e. The molecule has 2 N–H and O–H groups in total. The summed E-state index contributed by atoms with van der Waals surface area (Å²) in [4.78, 5) is 0. The number of hydrogen-bond acceptors (Lipinski definition) is 4. The van der Waals surface area contributed by atoms with E-state index in [9.17, 15) is 5.26 Å². The van der Waals surface area contributed by atoms with Crippen LogP contribution in [0.1, 0.15) is 29.0 Å². The summed E-state index contributed by atoms with van der Waals surface area (Å²) < 4.78 is 11.2. The number of allylic oxidation sites excluding steroid dienone is 2. The molecule has 1 unspecified atom stereocenters. The number of nitriles is 1. The molecule has 2 aromatic rings. The standard InChI is InChI=1S/C21H18N2O2/c1-24-15-8-10-16-14(11-15)7-9-17-19(13-5-3-2-4-6-13)18(12-22)21(23)25-20(16)17/h2-6,8,10-11,19H,7,9,23H2,1H3. The first kappa shape index (κ1) is 15.3. The predicted molar refractivity (Wildman–Crippen MR) is 95.3 cm³/mol. The van der Waals surface area contributed by atoms with Gasteiger partial charge < -0.3 is 15.2 Å². The Morgan fingerprint density at radius 3 is 2.68 bits per heavy atom. The lowest BCUT2D eigenvalue weighted by molar-refractivity contribution is 0.349. The molecule has 4 nitrogen and oxygen atoms in total. The number of hydrogen-bond donors (Lipinski definition) is 1. The van der Waals surface area contributed by atoms with Gasteiger partial charge in [0.25, 0.3) is 0 Å². The van der Waals surface area contributed by atoms with Crippen LogP contribution in [0.5, 0.6) is 5.75 Å². The van der Waals surface area contributed by atoms with E-state index in [1.54, 1.807) is 7.11 Å². The average Bonchev–Trinajstić information content (AvgIpc) is 2.67. The first-order chi connectivity index (χ1) is 12.2. The number of nitrogens with two attached hydrogens (primary N) is 1. The zero-order valence-electron chi connectivity index (χ0n) is 14.0. The number of aryl methyl sites for hydroxylation is 1. The van der Waals surface area contributed by atoms with E-state index in [-0.39, 0.29) is 11.8 Å². The summed E-state index contributed by atoms with van der Waals surface area (Å²) in [6, 6.07) is 18.2. The first-order valence-electron chi connectivity index (χ1n) is 8.25. The van der Waals surface area contributed by atoms with Gasteiger partial charge in [-0.2, -0.15) is 5.26 Å². The predicted octanol–water partition coefficient (Wildman–Crippen LogP) is 3.86. The van der Waals surface area contributed by atoms with Crippen LogP contribution in [-0.2, 0) is 11.2 Å². The number of nitrogens with zero attached hydrogens (tertiary/aromatic N) is 1. The molecule has 0 saturated heterocycles. The summed E-state index contributed by atoms with van der Waals surface area (Å²) in [6.07, 6.45) is 1.71. The van der Waals surface area contributed by atoms with Gasteiger partial charge in [0.05, 0.1) is 7.11 Å². The third-order valence-electron chi connectivity index (χ3n) is 4.88. The van der Waals surface area contributed by atoms with Gasteiger partial charge in [0.1, 0.15) is 23.2 Å². The smallest absolute Gasteiger partial charge is 0.205 e. The highest BCUT2D eigenvalue weighted by atomic mass is 16.5. The van der Waals surface area contributed by atoms with Crippen LogP contribution in [-0.4, -0.2) is 7.11 Å². The molecule has 0 amide bonds. The molecule has 4 rings (SSSR count). The zero-order valence-corrected chi connectivity index (χ0v) is 14.0. The van der Waals surface area contributed by atoms with Crippen LogP contribution in [0.25, 0.3) is 5.76 Å². The van der Waals surface area contributed by atoms with E-state index >= 15 is 0 Å². The van der Waals surface area contributed by atoms with Crippen molar-refractivity contribution in [2.24, 2.45) is 5.73 Å². The minimum atomic E-state index is -0.148. The molecule has 2 aromatic carbocycles. The lowest BCUT2D eigenvalue weighted by atomic mass is 9.76. The van der Waals surface area contributed by atoms with Crippen LogP contribution >= 0.6 is 0 Å². The van der Waals surface area contributed by atoms with Crippen LogP contribution in [0, 0.1) is 11.3 Å². The van der Waals surface area contributed by atoms with Gasteiger partial charge in [0.2, 0.25) is 5.88 Å². The number of methoxy groups -OCH3 is 1. The molecule has 0 bridgehead atoms. The van der Waals surface area contributed by atoms with Gasteiger partial charge in [0, 0.05) is 11.5 Å². The van der Waals surface area contributed by atoms with E-state index in [0.717, 1.165) is 41.1 Å². The van der Waals surface area contributed by atoms with E-state index in [4.69, 9.17) is 15.2 Å². The number of benzene rings is 2. The molecule has 0 radical (unpaired) electrons. The van der Waals surface area contributed by atoms with E-state index in [0.29, 0.717) is 5.57 Å². The van der Waals surface area contributed by atoms with Crippen LogP contribution < -0.4 is 10.5 Å². The van der Waals surface area contributed by atoms with Crippen molar-refractivity contribution in [3.63, 3.8) is 0 Å². The maximum absolute atomic E-state index is 9.64. The fourth-order valence-corrected chi connectivity index (χ4v) is 3.69. The van der Waals surface area contributed by atoms with Gasteiger partial charge >= 0.3 is 0 Å². The average molecular weight is 330 g/mol. The van der Waals surface area contributed by atoms with Crippen LogP contribution in [0.2, 0.25) is 0 Å². The molecule has 1 atom stereocenters. The van der Waals surface area contributed by atoms with Crippen LogP contribution in [0.15, 0.2) is 65.6 Å². The Bertz CT molecular complexity index is 936. The summed E-state index contributed by atoms with van der Waals surface area (Å²) >= 11 is 0. The van der Waals surface area contributed by atoms with Crippen LogP contribution in [0.4, 0.5) is 0 Å². The Balaban J connectivity index is 1.89. The second kappa shape index (κ2) is 6.03. The zero-order chi connectivity index (χ0) is 17.4. The van der Waals surface area contributed by atoms with Crippen LogP contribution in [0.3, 0.4) is 0 Å². The molecule has 2 aliphatic rings. The van der Waals surface area contributed by atoms with Gasteiger partial charge in [-0.1, -0.05) is 30.3 Å². The van der Waals surface area contributed by atoms with Crippen molar-refractivity contribution in [2.75, 3.05) is 7.11 Å². The molecule has 4 heteroatoms. The molecular formula is C21H18N2O2. The van der Waals surface area contributed by atoms with E-state index < -0.39 is 0 Å². The summed E-state index contributed by atoms with van der Waals surface area (Å²) in [5, 5.41) is 9.64. The largest absolute Gasteiger partial charge is 0.497 e. The Labute approximate surface area is 146 Å². The van der Waals surface area contributed by atoms with Gasteiger partial charge in [-0.3, -0.25) is 0 Å². The van der Waals surface area contributed by atoms with Crippen molar-refractivity contribution in [3.8, 4) is 11.8 Å². The third kappa shape index (κ3) is 2.45. The summed E-state index contributed by atoms with van der Waals surface area (Å²) in [5.41, 5.74) is 11.0. The highest BCUT2D eigenvalue weighted by Crippen LogP contribution is 2.47. The second-order valence-electron chi connectivity index (χ2n) is 6.21. The molecule has 0 saturated carbocycles. The first-order valence-corrected chi connectivity index (χ1v) is 8.25. The molecule has 1 aliphatic heterocycles. The van der Waals surface area contributed by atoms with Gasteiger partial charge in [0.15, 0.2) is 0 Å². The van der Waals surface area contributed by atoms with Gasteiger partial charge in [-0.15, -0.1) is 0 Å². The summed E-state index contributed by atoms with van der Waals surface area (Å²) in [5.74, 6) is 1.66. The second-order valence-corrected chi connectivity index (χ2v) is 6.21. The van der Waals surface area contributed by atoms with Crippen molar-refractivity contribution in [3.05, 3.63) is 82.3 Å². The van der Waals surface area contributed by atoms with E-state index in [2.05, 4.69) is 6.07 Å². The molecule has 124 valence electrons. The monoisotopic (exact) mass is 330 g/mol. The SMILES string of the molecule is COc1ccc2c(c1)CCC1=C2OC(N)=C(C#N)C1c1ccccc1. The quantitative estimate of drug-likeness (QED) is 0.908. The Morgan fingerprint density at radius 2 is 1.96 bits per heavy atom. The number of rotatable bonds is 2. The van der Waals surface area contributed by atoms with Crippen molar-refractivity contribution < 1.29 is 9.47 Å². The lowest BCUT2D eigenvalue weighted by Crippen LogP contribution is -2.23. The number of ether oxygens (including phenoxy) is 2. The third-order valence-corrected chi connectivity index (χ3v) is 4.88. The van der Waals surface area contributed by atoms with Crippen molar-refractivity contribution >= 4 is 5.76 Å². The maximum atomic E-state index is 9.64.